The van der Waals surface area contributed by atoms with Gasteiger partial charge in [0.15, 0.2) is 11.5 Å². The average Bonchev–Trinajstić information content (AvgIpc) is 2.81. The third-order valence-corrected chi connectivity index (χ3v) is 5.24. The number of nitrogens with one attached hydrogen (secondary N) is 2. The zero-order chi connectivity index (χ0) is 23.1. The van der Waals surface area contributed by atoms with Crippen LogP contribution in [0.25, 0.3) is 0 Å². The minimum Gasteiger partial charge on any atom is -0.504 e. The largest absolute Gasteiger partial charge is 0.504 e. The van der Waals surface area contributed by atoms with Crippen LogP contribution in [0.1, 0.15) is 26.3 Å². The van der Waals surface area contributed by atoms with Gasteiger partial charge in [-0.05, 0) is 76.7 Å². The van der Waals surface area contributed by atoms with Crippen LogP contribution in [0.4, 0.5) is 5.69 Å². The van der Waals surface area contributed by atoms with Crippen molar-refractivity contribution in [2.75, 3.05) is 19.5 Å². The summed E-state index contributed by atoms with van der Waals surface area (Å²) < 4.78 is 10.8. The summed E-state index contributed by atoms with van der Waals surface area (Å²) in [6.45, 7) is 0. The molecular formula is C23H20IN3O5. The fourth-order valence-corrected chi connectivity index (χ4v) is 3.40. The molecule has 0 aliphatic rings. The maximum atomic E-state index is 12.6. The molecule has 0 aliphatic heterocycles. The van der Waals surface area contributed by atoms with Crippen LogP contribution in [0.3, 0.4) is 0 Å². The third-order valence-electron chi connectivity index (χ3n) is 4.42. The van der Waals surface area contributed by atoms with Crippen LogP contribution in [0, 0.1) is 3.57 Å². The maximum absolute atomic E-state index is 12.6. The molecule has 0 aliphatic carbocycles. The summed E-state index contributed by atoms with van der Waals surface area (Å²) in [5.74, 6) is 0.127. The van der Waals surface area contributed by atoms with E-state index < -0.39 is 5.91 Å². The first-order valence-electron chi connectivity index (χ1n) is 9.37. The lowest BCUT2D eigenvalue weighted by Crippen LogP contribution is -2.21. The van der Waals surface area contributed by atoms with Crippen molar-refractivity contribution in [3.63, 3.8) is 0 Å². The molecule has 3 rings (SSSR count). The second kappa shape index (κ2) is 10.6. The van der Waals surface area contributed by atoms with Gasteiger partial charge in [-0.2, -0.15) is 5.10 Å². The van der Waals surface area contributed by atoms with Crippen LogP contribution >= 0.6 is 22.6 Å². The van der Waals surface area contributed by atoms with E-state index in [1.807, 2.05) is 22.6 Å². The number of hydrogen-bond acceptors (Lipinski definition) is 6. The van der Waals surface area contributed by atoms with Gasteiger partial charge in [0, 0.05) is 5.56 Å². The zero-order valence-electron chi connectivity index (χ0n) is 17.3. The number of carbonyl (C=O) groups is 2. The number of methoxy groups -OCH3 is 2. The molecule has 0 saturated heterocycles. The second-order valence-electron chi connectivity index (χ2n) is 6.48. The standard InChI is InChI=1S/C23H20IN3O5/c1-31-16-9-7-15(8-10-16)22(29)26-19-6-4-3-5-17(19)23(30)27-25-13-14-11-18(24)21(28)20(12-14)32-2/h3-13,28H,1-2H3,(H,26,29)(H,27,30)/b25-13+. The molecule has 0 saturated carbocycles. The van der Waals surface area contributed by atoms with Crippen LogP contribution in [0.2, 0.25) is 0 Å². The molecule has 0 heterocycles. The summed E-state index contributed by atoms with van der Waals surface area (Å²) in [6, 6.07) is 16.5. The molecule has 3 N–H and O–H groups in total. The van der Waals surface area contributed by atoms with E-state index in [4.69, 9.17) is 9.47 Å². The molecular weight excluding hydrogens is 525 g/mol. The highest BCUT2D eigenvalue weighted by Gasteiger charge is 2.14. The normalized spacial score (nSPS) is 10.6. The topological polar surface area (TPSA) is 109 Å². The van der Waals surface area contributed by atoms with Gasteiger partial charge in [-0.25, -0.2) is 5.43 Å². The molecule has 0 spiro atoms. The number of phenolic OH excluding ortho intramolecular Hbond substituents is 1. The summed E-state index contributed by atoms with van der Waals surface area (Å²) in [5, 5.41) is 16.6. The molecule has 0 radical (unpaired) electrons. The average molecular weight is 545 g/mol. The Bertz CT molecular complexity index is 1160. The van der Waals surface area contributed by atoms with Crippen molar-refractivity contribution in [1.29, 1.82) is 0 Å². The van der Waals surface area contributed by atoms with Gasteiger partial charge in [0.1, 0.15) is 5.75 Å². The summed E-state index contributed by atoms with van der Waals surface area (Å²) >= 11 is 1.97. The van der Waals surface area contributed by atoms with E-state index in [9.17, 15) is 14.7 Å². The number of carbonyl (C=O) groups excluding carboxylic acids is 2. The van der Waals surface area contributed by atoms with Gasteiger partial charge in [0.05, 0.1) is 35.3 Å². The van der Waals surface area contributed by atoms with Crippen molar-refractivity contribution in [1.82, 2.24) is 5.43 Å². The van der Waals surface area contributed by atoms with Crippen molar-refractivity contribution >= 4 is 46.3 Å². The molecule has 0 unspecified atom stereocenters. The van der Waals surface area contributed by atoms with Gasteiger partial charge < -0.3 is 19.9 Å². The number of para-hydroxylation sites is 1. The fraction of sp³-hybridized carbons (Fsp3) is 0.0870. The maximum Gasteiger partial charge on any atom is 0.273 e. The number of hydrogen-bond donors (Lipinski definition) is 3. The van der Waals surface area contributed by atoms with E-state index in [0.29, 0.717) is 31.9 Å². The van der Waals surface area contributed by atoms with Crippen molar-refractivity contribution in [2.24, 2.45) is 5.10 Å². The Hall–Kier alpha value is -3.60. The monoisotopic (exact) mass is 545 g/mol. The first kappa shape index (κ1) is 23.1. The van der Waals surface area contributed by atoms with Crippen molar-refractivity contribution in [2.45, 2.75) is 0 Å². The van der Waals surface area contributed by atoms with E-state index in [-0.39, 0.29) is 17.2 Å². The number of rotatable bonds is 7. The SMILES string of the molecule is COc1ccc(C(=O)Nc2ccccc2C(=O)N/N=C/c2cc(I)c(O)c(OC)c2)cc1. The van der Waals surface area contributed by atoms with Gasteiger partial charge in [-0.3, -0.25) is 9.59 Å². The van der Waals surface area contributed by atoms with Crippen LogP contribution in [0.15, 0.2) is 65.8 Å². The Kier molecular flexibility index (Phi) is 7.66. The lowest BCUT2D eigenvalue weighted by Gasteiger charge is -2.10. The third kappa shape index (κ3) is 5.55. The number of hydrazone groups is 1. The highest BCUT2D eigenvalue weighted by molar-refractivity contribution is 14.1. The summed E-state index contributed by atoms with van der Waals surface area (Å²) in [6.07, 6.45) is 1.43. The number of nitrogens with zero attached hydrogens (tertiary/aromatic N) is 1. The van der Waals surface area contributed by atoms with Gasteiger partial charge in [-0.15, -0.1) is 0 Å². The quantitative estimate of drug-likeness (QED) is 0.236. The number of amides is 2. The first-order chi connectivity index (χ1) is 15.4. The number of ether oxygens (including phenoxy) is 2. The van der Waals surface area contributed by atoms with Gasteiger partial charge in [0.2, 0.25) is 0 Å². The Morgan fingerprint density at radius 3 is 2.41 bits per heavy atom. The minimum atomic E-state index is -0.493. The van der Waals surface area contributed by atoms with Crippen LogP contribution in [-0.4, -0.2) is 37.4 Å². The predicted molar refractivity (Wildman–Crippen MR) is 130 cm³/mol. The number of anilines is 1. The molecule has 0 fully saturated rings. The lowest BCUT2D eigenvalue weighted by atomic mass is 10.1. The number of aromatic hydroxyl groups is 1. The van der Waals surface area contributed by atoms with Gasteiger partial charge >= 0.3 is 0 Å². The Balaban J connectivity index is 1.72. The molecule has 164 valence electrons. The molecule has 3 aromatic rings. The van der Waals surface area contributed by atoms with Crippen LogP contribution in [0.5, 0.6) is 17.2 Å². The summed E-state index contributed by atoms with van der Waals surface area (Å²) in [7, 11) is 3.00. The zero-order valence-corrected chi connectivity index (χ0v) is 19.4. The lowest BCUT2D eigenvalue weighted by molar-refractivity contribution is 0.0956. The highest BCUT2D eigenvalue weighted by atomic mass is 127. The Labute approximate surface area is 198 Å². The highest BCUT2D eigenvalue weighted by Crippen LogP contribution is 2.31. The van der Waals surface area contributed by atoms with Gasteiger partial charge in [0.25, 0.3) is 11.8 Å². The van der Waals surface area contributed by atoms with E-state index in [1.165, 1.54) is 13.3 Å². The summed E-state index contributed by atoms with van der Waals surface area (Å²) in [5.41, 5.74) is 4.10. The number of halogens is 1. The van der Waals surface area contributed by atoms with E-state index in [2.05, 4.69) is 15.8 Å². The molecule has 32 heavy (non-hydrogen) atoms. The van der Waals surface area contributed by atoms with Crippen molar-refractivity contribution < 1.29 is 24.2 Å². The van der Waals surface area contributed by atoms with Gasteiger partial charge in [-0.1, -0.05) is 12.1 Å². The molecule has 2 amide bonds. The van der Waals surface area contributed by atoms with E-state index in [1.54, 1.807) is 67.8 Å². The molecule has 8 nitrogen and oxygen atoms in total. The molecule has 0 atom stereocenters. The summed E-state index contributed by atoms with van der Waals surface area (Å²) in [4.78, 5) is 25.2. The Morgan fingerprint density at radius 1 is 1.00 bits per heavy atom. The first-order valence-corrected chi connectivity index (χ1v) is 10.4. The second-order valence-corrected chi connectivity index (χ2v) is 7.64. The Morgan fingerprint density at radius 2 is 1.72 bits per heavy atom. The fourth-order valence-electron chi connectivity index (χ4n) is 2.78. The van der Waals surface area contributed by atoms with Crippen molar-refractivity contribution in [3.8, 4) is 17.2 Å². The molecule has 9 heteroatoms. The van der Waals surface area contributed by atoms with E-state index in [0.717, 1.165) is 0 Å². The number of benzene rings is 3. The predicted octanol–water partition coefficient (Wildman–Crippen LogP) is 4.03. The molecule has 0 bridgehead atoms. The van der Waals surface area contributed by atoms with Crippen LogP contribution in [-0.2, 0) is 0 Å². The number of phenols is 1. The minimum absolute atomic E-state index is 0.0378. The van der Waals surface area contributed by atoms with Crippen molar-refractivity contribution in [3.05, 3.63) is 80.9 Å². The van der Waals surface area contributed by atoms with E-state index >= 15 is 0 Å². The van der Waals surface area contributed by atoms with Crippen LogP contribution < -0.4 is 20.2 Å². The molecule has 3 aromatic carbocycles. The smallest absolute Gasteiger partial charge is 0.273 e. The molecule has 0 aromatic heterocycles.